The molecule has 0 amide bonds. The zero-order valence-corrected chi connectivity index (χ0v) is 23.2. The van der Waals surface area contributed by atoms with Crippen molar-refractivity contribution in [1.29, 1.82) is 0 Å². The van der Waals surface area contributed by atoms with Gasteiger partial charge in [0.05, 0.1) is 0 Å². The number of fused-ring (bicyclic) bond motifs is 1. The van der Waals surface area contributed by atoms with E-state index in [9.17, 15) is 9.59 Å². The maximum atomic E-state index is 13.6. The Hall–Kier alpha value is -3.33. The van der Waals surface area contributed by atoms with E-state index in [0.29, 0.717) is 31.2 Å². The third-order valence-electron chi connectivity index (χ3n) is 8.32. The Bertz CT molecular complexity index is 1340. The second-order valence-electron chi connectivity index (χ2n) is 11.1. The van der Waals surface area contributed by atoms with Crippen LogP contribution >= 0.6 is 0 Å². The number of Topliss-reactive ketones (excluding diaryl/α,β-unsaturated/α-hetero) is 1. The first-order valence-corrected chi connectivity index (χ1v) is 14.2. The molecule has 2 fully saturated rings. The second kappa shape index (κ2) is 11.4. The number of hydrogen-bond donors (Lipinski definition) is 1. The van der Waals surface area contributed by atoms with Crippen LogP contribution in [0.15, 0.2) is 24.3 Å². The number of nitrogens with zero attached hydrogens (tertiary/aromatic N) is 4. The van der Waals surface area contributed by atoms with E-state index in [0.717, 1.165) is 66.8 Å². The Balaban J connectivity index is 1.33. The lowest BCUT2D eigenvalue weighted by molar-refractivity contribution is -0.185. The summed E-state index contributed by atoms with van der Waals surface area (Å²) < 4.78 is 13.8. The number of esters is 1. The molecule has 2 aliphatic rings. The minimum absolute atomic E-state index is 0.0716. The van der Waals surface area contributed by atoms with Crippen molar-refractivity contribution >= 4 is 17.5 Å². The van der Waals surface area contributed by atoms with Crippen molar-refractivity contribution in [3.05, 3.63) is 52.6 Å². The van der Waals surface area contributed by atoms with E-state index in [1.807, 2.05) is 26.0 Å². The van der Waals surface area contributed by atoms with Gasteiger partial charge in [0, 0.05) is 30.8 Å². The Kier molecular flexibility index (Phi) is 7.98. The number of ether oxygens (including phenoxy) is 2. The van der Waals surface area contributed by atoms with E-state index in [-0.39, 0.29) is 24.5 Å². The highest BCUT2D eigenvalue weighted by Crippen LogP contribution is 2.45. The van der Waals surface area contributed by atoms with Crippen LogP contribution in [0.3, 0.4) is 0 Å². The summed E-state index contributed by atoms with van der Waals surface area (Å²) in [4.78, 5) is 35.9. The molecular formula is C30H39N5O4. The minimum Gasteiger partial charge on any atom is -0.492 e. The first-order chi connectivity index (χ1) is 18.8. The zero-order chi connectivity index (χ0) is 27.6. The number of hydrogen-bond acceptors (Lipinski definition) is 8. The molecule has 1 saturated heterocycles. The fraction of sp³-hybridized carbons (Fsp3) is 0.567. The summed E-state index contributed by atoms with van der Waals surface area (Å²) in [6.07, 6.45) is 6.75. The number of carbonyl (C=O) groups is 2. The topological polar surface area (TPSA) is 122 Å². The lowest BCUT2D eigenvalue weighted by Crippen LogP contribution is -2.52. The molecule has 2 unspecified atom stereocenters. The molecule has 1 saturated carbocycles. The van der Waals surface area contributed by atoms with Crippen LogP contribution in [0.1, 0.15) is 73.8 Å². The van der Waals surface area contributed by atoms with Crippen LogP contribution in [0.5, 0.6) is 5.75 Å². The fourth-order valence-electron chi connectivity index (χ4n) is 6.28. The molecule has 0 radical (unpaired) electrons. The van der Waals surface area contributed by atoms with E-state index in [1.54, 1.807) is 4.52 Å². The van der Waals surface area contributed by atoms with Gasteiger partial charge in [-0.05, 0) is 75.1 Å². The van der Waals surface area contributed by atoms with Gasteiger partial charge in [-0.15, -0.1) is 5.10 Å². The SMILES string of the molecule is CCc1cc(CCC2(C3CCCC3)CC(=O)C(Cc3nc4nc(C)cc(C)n4n3)C(=O)O2)ccc1OCCN. The first-order valence-electron chi connectivity index (χ1n) is 14.2. The average molecular weight is 534 g/mol. The molecule has 0 bridgehead atoms. The number of cyclic esters (lactones) is 1. The van der Waals surface area contributed by atoms with E-state index in [2.05, 4.69) is 34.1 Å². The predicted octanol–water partition coefficient (Wildman–Crippen LogP) is 3.88. The van der Waals surface area contributed by atoms with Crippen LogP contribution in [0.25, 0.3) is 5.78 Å². The lowest BCUT2D eigenvalue weighted by Gasteiger charge is -2.43. The van der Waals surface area contributed by atoms with Crippen LogP contribution in [-0.2, 0) is 33.6 Å². The minimum atomic E-state index is -0.885. The summed E-state index contributed by atoms with van der Waals surface area (Å²) in [5.41, 5.74) is 8.88. The molecule has 3 aromatic rings. The molecule has 1 aromatic carbocycles. The largest absolute Gasteiger partial charge is 0.492 e. The van der Waals surface area contributed by atoms with Crippen molar-refractivity contribution in [2.24, 2.45) is 17.6 Å². The number of aryl methyl sites for hydroxylation is 4. The molecule has 9 nitrogen and oxygen atoms in total. The standard InChI is InChI=1S/C30H39N5O4/c1-4-22-16-21(9-10-26(22)38-14-13-31)11-12-30(23-7-5-6-8-23)18-25(36)24(28(37)39-30)17-27-33-29-32-19(2)15-20(3)35(29)34-27/h9-10,15-16,23-24H,4-8,11-14,17-18,31H2,1-3H3. The van der Waals surface area contributed by atoms with Crippen molar-refractivity contribution in [1.82, 2.24) is 19.6 Å². The van der Waals surface area contributed by atoms with Gasteiger partial charge in [0.1, 0.15) is 23.9 Å². The van der Waals surface area contributed by atoms with Gasteiger partial charge in [-0.2, -0.15) is 4.98 Å². The summed E-state index contributed by atoms with van der Waals surface area (Å²) in [6, 6.07) is 8.15. The lowest BCUT2D eigenvalue weighted by atomic mass is 9.73. The van der Waals surface area contributed by atoms with Gasteiger partial charge in [-0.1, -0.05) is 31.9 Å². The molecule has 1 aliphatic heterocycles. The number of aromatic nitrogens is 4. The van der Waals surface area contributed by atoms with Crippen LogP contribution in [0.2, 0.25) is 0 Å². The molecule has 39 heavy (non-hydrogen) atoms. The fourth-order valence-corrected chi connectivity index (χ4v) is 6.28. The first kappa shape index (κ1) is 27.2. The van der Waals surface area contributed by atoms with E-state index < -0.39 is 17.5 Å². The zero-order valence-electron chi connectivity index (χ0n) is 23.2. The Morgan fingerprint density at radius 3 is 2.67 bits per heavy atom. The molecular weight excluding hydrogens is 494 g/mol. The molecule has 208 valence electrons. The van der Waals surface area contributed by atoms with Crippen LogP contribution in [-0.4, -0.2) is 50.1 Å². The highest BCUT2D eigenvalue weighted by atomic mass is 16.6. The Labute approximate surface area is 229 Å². The maximum Gasteiger partial charge on any atom is 0.317 e. The van der Waals surface area contributed by atoms with Crippen LogP contribution < -0.4 is 10.5 Å². The highest BCUT2D eigenvalue weighted by molar-refractivity contribution is 6.01. The van der Waals surface area contributed by atoms with Gasteiger partial charge >= 0.3 is 5.97 Å². The smallest absolute Gasteiger partial charge is 0.317 e. The van der Waals surface area contributed by atoms with Gasteiger partial charge in [0.25, 0.3) is 5.78 Å². The molecule has 3 heterocycles. The van der Waals surface area contributed by atoms with Crippen molar-refractivity contribution in [3.8, 4) is 5.75 Å². The van der Waals surface area contributed by atoms with Gasteiger partial charge in [-0.3, -0.25) is 9.59 Å². The van der Waals surface area contributed by atoms with Crippen molar-refractivity contribution in [2.45, 2.75) is 84.2 Å². The van der Waals surface area contributed by atoms with E-state index in [1.165, 1.54) is 0 Å². The summed E-state index contributed by atoms with van der Waals surface area (Å²) >= 11 is 0. The number of carbonyl (C=O) groups excluding carboxylic acids is 2. The number of rotatable bonds is 10. The molecule has 5 rings (SSSR count). The molecule has 2 N–H and O–H groups in total. The summed E-state index contributed by atoms with van der Waals surface area (Å²) in [5, 5.41) is 4.51. The molecule has 0 spiro atoms. The van der Waals surface area contributed by atoms with Crippen LogP contribution in [0.4, 0.5) is 0 Å². The third-order valence-corrected chi connectivity index (χ3v) is 8.32. The molecule has 2 atom stereocenters. The summed E-state index contributed by atoms with van der Waals surface area (Å²) in [7, 11) is 0. The summed E-state index contributed by atoms with van der Waals surface area (Å²) in [5.74, 6) is 0.571. The van der Waals surface area contributed by atoms with Gasteiger partial charge in [0.2, 0.25) is 0 Å². The van der Waals surface area contributed by atoms with E-state index in [4.69, 9.17) is 15.2 Å². The van der Waals surface area contributed by atoms with E-state index >= 15 is 0 Å². The normalized spacial score (nSPS) is 22.0. The van der Waals surface area contributed by atoms with Crippen molar-refractivity contribution in [3.63, 3.8) is 0 Å². The predicted molar refractivity (Wildman–Crippen MR) is 147 cm³/mol. The molecule has 2 aromatic heterocycles. The molecule has 9 heteroatoms. The van der Waals surface area contributed by atoms with Crippen LogP contribution in [0, 0.1) is 25.7 Å². The van der Waals surface area contributed by atoms with Crippen molar-refractivity contribution < 1.29 is 19.1 Å². The van der Waals surface area contributed by atoms with Gasteiger partial charge in [-0.25, -0.2) is 9.50 Å². The Morgan fingerprint density at radius 1 is 1.15 bits per heavy atom. The maximum absolute atomic E-state index is 13.6. The van der Waals surface area contributed by atoms with Gasteiger partial charge < -0.3 is 15.2 Å². The Morgan fingerprint density at radius 2 is 1.95 bits per heavy atom. The van der Waals surface area contributed by atoms with Gasteiger partial charge in [0.15, 0.2) is 11.6 Å². The second-order valence-corrected chi connectivity index (χ2v) is 11.1. The quantitative estimate of drug-likeness (QED) is 0.308. The molecule has 1 aliphatic carbocycles. The number of nitrogens with two attached hydrogens (primary N) is 1. The summed E-state index contributed by atoms with van der Waals surface area (Å²) in [6.45, 7) is 6.89. The number of ketones is 1. The average Bonchev–Trinajstić information content (AvgIpc) is 3.59. The van der Waals surface area contributed by atoms with Crippen molar-refractivity contribution in [2.75, 3.05) is 13.2 Å². The monoisotopic (exact) mass is 533 g/mol. The number of benzene rings is 1. The highest BCUT2D eigenvalue weighted by Gasteiger charge is 2.51. The third kappa shape index (κ3) is 5.69.